The number of aromatic nitrogens is 2. The standard InChI is InChI=1S/C13H20N4O2S3/c1-8-16-17-12(22-8)20-6-4-5-14-10(18)9-7-21-13(2,3)11(19)15-9/h9H,4-7H2,1-3H3,(H,14,18)(H,15,19)/t9-/m1/s1. The molecule has 0 unspecified atom stereocenters. The maximum atomic E-state index is 12.0. The van der Waals surface area contributed by atoms with Gasteiger partial charge in [0.25, 0.3) is 0 Å². The SMILES string of the molecule is Cc1nnc(SCCCNC(=O)[C@H]2CSC(C)(C)C(=O)N2)s1. The number of rotatable bonds is 6. The Balaban J connectivity index is 1.63. The molecule has 1 atom stereocenters. The van der Waals surface area contributed by atoms with Crippen LogP contribution in [0.5, 0.6) is 0 Å². The molecule has 1 aromatic rings. The number of hydrogen-bond donors (Lipinski definition) is 2. The fraction of sp³-hybridized carbons (Fsp3) is 0.692. The third-order valence-corrected chi connectivity index (χ3v) is 6.60. The van der Waals surface area contributed by atoms with Gasteiger partial charge in [0.15, 0.2) is 4.34 Å². The van der Waals surface area contributed by atoms with Crippen LogP contribution in [0.4, 0.5) is 0 Å². The predicted molar refractivity (Wildman–Crippen MR) is 91.5 cm³/mol. The van der Waals surface area contributed by atoms with Gasteiger partial charge >= 0.3 is 0 Å². The number of thioether (sulfide) groups is 2. The third kappa shape index (κ3) is 4.85. The van der Waals surface area contributed by atoms with E-state index in [1.807, 2.05) is 20.8 Å². The lowest BCUT2D eigenvalue weighted by molar-refractivity contribution is -0.129. The summed E-state index contributed by atoms with van der Waals surface area (Å²) >= 11 is 4.74. The number of nitrogens with one attached hydrogen (secondary N) is 2. The minimum Gasteiger partial charge on any atom is -0.354 e. The summed E-state index contributed by atoms with van der Waals surface area (Å²) in [6.07, 6.45) is 0.855. The summed E-state index contributed by atoms with van der Waals surface area (Å²) in [6, 6.07) is -0.427. The molecule has 0 aliphatic carbocycles. The van der Waals surface area contributed by atoms with Crippen LogP contribution >= 0.6 is 34.9 Å². The second-order valence-corrected chi connectivity index (χ2v) is 9.59. The van der Waals surface area contributed by atoms with Gasteiger partial charge in [-0.25, -0.2) is 0 Å². The lowest BCUT2D eigenvalue weighted by Crippen LogP contribution is -2.57. The van der Waals surface area contributed by atoms with E-state index in [-0.39, 0.29) is 11.8 Å². The normalized spacial score (nSPS) is 20.5. The summed E-state index contributed by atoms with van der Waals surface area (Å²) in [6.45, 7) is 6.27. The van der Waals surface area contributed by atoms with E-state index < -0.39 is 10.8 Å². The summed E-state index contributed by atoms with van der Waals surface area (Å²) in [5.41, 5.74) is 0. The highest BCUT2D eigenvalue weighted by atomic mass is 32.2. The van der Waals surface area contributed by atoms with Crippen molar-refractivity contribution in [2.24, 2.45) is 0 Å². The van der Waals surface area contributed by atoms with Gasteiger partial charge in [-0.1, -0.05) is 23.1 Å². The van der Waals surface area contributed by atoms with E-state index in [2.05, 4.69) is 20.8 Å². The van der Waals surface area contributed by atoms with E-state index in [4.69, 9.17) is 0 Å². The minimum atomic E-state index is -0.451. The Bertz CT molecular complexity index is 547. The minimum absolute atomic E-state index is 0.0777. The van der Waals surface area contributed by atoms with Gasteiger partial charge in [0, 0.05) is 18.1 Å². The molecule has 122 valence electrons. The molecule has 0 radical (unpaired) electrons. The summed E-state index contributed by atoms with van der Waals surface area (Å²) in [4.78, 5) is 23.9. The molecule has 2 N–H and O–H groups in total. The lowest BCUT2D eigenvalue weighted by Gasteiger charge is -2.32. The Morgan fingerprint density at radius 3 is 2.91 bits per heavy atom. The molecule has 1 fully saturated rings. The molecule has 1 saturated heterocycles. The lowest BCUT2D eigenvalue weighted by atomic mass is 10.1. The molecular formula is C13H20N4O2S3. The van der Waals surface area contributed by atoms with Gasteiger partial charge in [-0.05, 0) is 27.2 Å². The number of aryl methyl sites for hydroxylation is 1. The highest BCUT2D eigenvalue weighted by Crippen LogP contribution is 2.29. The average Bonchev–Trinajstić information content (AvgIpc) is 2.87. The van der Waals surface area contributed by atoms with Gasteiger partial charge < -0.3 is 10.6 Å². The summed E-state index contributed by atoms with van der Waals surface area (Å²) in [5, 5.41) is 14.6. The zero-order valence-electron chi connectivity index (χ0n) is 12.8. The van der Waals surface area contributed by atoms with Crippen molar-refractivity contribution in [3.63, 3.8) is 0 Å². The van der Waals surface area contributed by atoms with Gasteiger partial charge in [0.2, 0.25) is 11.8 Å². The second-order valence-electron chi connectivity index (χ2n) is 5.43. The molecule has 0 aromatic carbocycles. The Morgan fingerprint density at radius 1 is 1.50 bits per heavy atom. The topological polar surface area (TPSA) is 84.0 Å². The molecule has 1 aliphatic rings. The van der Waals surface area contributed by atoms with Crippen LogP contribution in [-0.2, 0) is 9.59 Å². The van der Waals surface area contributed by atoms with Gasteiger partial charge in [-0.15, -0.1) is 22.0 Å². The second kappa shape index (κ2) is 7.65. The van der Waals surface area contributed by atoms with Crippen molar-refractivity contribution in [2.45, 2.75) is 42.3 Å². The maximum absolute atomic E-state index is 12.0. The third-order valence-electron chi connectivity index (χ3n) is 3.13. The van der Waals surface area contributed by atoms with E-state index in [0.29, 0.717) is 12.3 Å². The molecule has 2 heterocycles. The Labute approximate surface area is 142 Å². The predicted octanol–water partition coefficient (Wildman–Crippen LogP) is 1.46. The number of hydrogen-bond acceptors (Lipinski definition) is 7. The van der Waals surface area contributed by atoms with Crippen LogP contribution in [-0.4, -0.2) is 50.9 Å². The highest BCUT2D eigenvalue weighted by molar-refractivity contribution is 8.01. The first-order chi connectivity index (χ1) is 10.4. The Morgan fingerprint density at radius 2 is 2.27 bits per heavy atom. The van der Waals surface area contributed by atoms with Crippen molar-refractivity contribution in [3.8, 4) is 0 Å². The van der Waals surface area contributed by atoms with Gasteiger partial charge in [-0.3, -0.25) is 9.59 Å². The highest BCUT2D eigenvalue weighted by Gasteiger charge is 2.37. The van der Waals surface area contributed by atoms with E-state index in [9.17, 15) is 9.59 Å². The fourth-order valence-corrected chi connectivity index (χ4v) is 4.61. The van der Waals surface area contributed by atoms with Gasteiger partial charge in [0.1, 0.15) is 11.0 Å². The first-order valence-corrected chi connectivity index (χ1v) is 9.83. The van der Waals surface area contributed by atoms with Crippen molar-refractivity contribution in [3.05, 3.63) is 5.01 Å². The van der Waals surface area contributed by atoms with E-state index in [1.165, 1.54) is 11.8 Å². The van der Waals surface area contributed by atoms with Crippen LogP contribution in [0.2, 0.25) is 0 Å². The zero-order chi connectivity index (χ0) is 16.2. The van der Waals surface area contributed by atoms with E-state index >= 15 is 0 Å². The average molecular weight is 361 g/mol. The molecule has 9 heteroatoms. The van der Waals surface area contributed by atoms with Crippen LogP contribution in [0.25, 0.3) is 0 Å². The van der Waals surface area contributed by atoms with Crippen LogP contribution in [0.3, 0.4) is 0 Å². The van der Waals surface area contributed by atoms with E-state index in [0.717, 1.165) is 21.5 Å². The first-order valence-electron chi connectivity index (χ1n) is 7.04. The number of carbonyl (C=O) groups excluding carboxylic acids is 2. The van der Waals surface area contributed by atoms with E-state index in [1.54, 1.807) is 23.1 Å². The number of amides is 2. The summed E-state index contributed by atoms with van der Waals surface area (Å²) < 4.78 is 0.509. The van der Waals surface area contributed by atoms with Crippen LogP contribution < -0.4 is 10.6 Å². The maximum Gasteiger partial charge on any atom is 0.243 e. The largest absolute Gasteiger partial charge is 0.354 e. The smallest absolute Gasteiger partial charge is 0.243 e. The summed E-state index contributed by atoms with van der Waals surface area (Å²) in [7, 11) is 0. The Kier molecular flexibility index (Phi) is 6.10. The van der Waals surface area contributed by atoms with Crippen molar-refractivity contribution >= 4 is 46.7 Å². The quantitative estimate of drug-likeness (QED) is 0.590. The number of nitrogens with zero attached hydrogens (tertiary/aromatic N) is 2. The molecule has 1 aromatic heterocycles. The van der Waals surface area contributed by atoms with Crippen molar-refractivity contribution in [1.82, 2.24) is 20.8 Å². The fourth-order valence-electron chi connectivity index (χ4n) is 1.78. The molecule has 0 spiro atoms. The van der Waals surface area contributed by atoms with Crippen LogP contribution in [0.1, 0.15) is 25.3 Å². The molecule has 1 aliphatic heterocycles. The van der Waals surface area contributed by atoms with Crippen molar-refractivity contribution in [2.75, 3.05) is 18.1 Å². The molecule has 0 saturated carbocycles. The van der Waals surface area contributed by atoms with Crippen molar-refractivity contribution < 1.29 is 9.59 Å². The van der Waals surface area contributed by atoms with Crippen LogP contribution in [0, 0.1) is 6.92 Å². The molecule has 0 bridgehead atoms. The molecular weight excluding hydrogens is 340 g/mol. The van der Waals surface area contributed by atoms with Gasteiger partial charge in [0.05, 0.1) is 4.75 Å². The first kappa shape index (κ1) is 17.6. The van der Waals surface area contributed by atoms with Crippen LogP contribution in [0.15, 0.2) is 4.34 Å². The van der Waals surface area contributed by atoms with Crippen molar-refractivity contribution in [1.29, 1.82) is 0 Å². The molecule has 2 rings (SSSR count). The zero-order valence-corrected chi connectivity index (χ0v) is 15.3. The molecule has 22 heavy (non-hydrogen) atoms. The number of carbonyl (C=O) groups is 2. The summed E-state index contributed by atoms with van der Waals surface area (Å²) in [5.74, 6) is 1.32. The van der Waals surface area contributed by atoms with Gasteiger partial charge in [-0.2, -0.15) is 0 Å². The monoisotopic (exact) mass is 360 g/mol. The molecule has 2 amide bonds. The Hall–Kier alpha value is -0.800. The molecule has 6 nitrogen and oxygen atoms in total.